The second-order valence-corrected chi connectivity index (χ2v) is 6.40. The first-order valence-corrected chi connectivity index (χ1v) is 8.44. The van der Waals surface area contributed by atoms with Crippen molar-refractivity contribution in [3.8, 4) is 0 Å². The Bertz CT molecular complexity index is 777. The second-order valence-electron chi connectivity index (χ2n) is 6.40. The highest BCUT2D eigenvalue weighted by atomic mass is 16.5. The van der Waals surface area contributed by atoms with Gasteiger partial charge in [0.15, 0.2) is 0 Å². The van der Waals surface area contributed by atoms with Gasteiger partial charge in [-0.2, -0.15) is 10.1 Å². The number of nitrogens with zero attached hydrogens (tertiary/aromatic N) is 4. The monoisotopic (exact) mass is 347 g/mol. The normalized spacial score (nSPS) is 20.7. The fourth-order valence-electron chi connectivity index (χ4n) is 3.01. The number of hydrogen-bond donors (Lipinski definition) is 4. The zero-order chi connectivity index (χ0) is 17.2. The van der Waals surface area contributed by atoms with Crippen LogP contribution in [0.25, 0.3) is 0 Å². The van der Waals surface area contributed by atoms with E-state index in [1.54, 1.807) is 0 Å². The van der Waals surface area contributed by atoms with Crippen LogP contribution in [0.4, 0.5) is 11.8 Å². The van der Waals surface area contributed by atoms with E-state index in [0.29, 0.717) is 44.4 Å². The van der Waals surface area contributed by atoms with Gasteiger partial charge >= 0.3 is 5.69 Å². The molecule has 1 atom stereocenters. The lowest BCUT2D eigenvalue weighted by Gasteiger charge is -2.36. The number of rotatable bonds is 6. The Morgan fingerprint density at radius 2 is 2.28 bits per heavy atom. The molecule has 2 fully saturated rings. The van der Waals surface area contributed by atoms with Crippen LogP contribution in [0.15, 0.2) is 10.9 Å². The lowest BCUT2D eigenvalue weighted by atomic mass is 10.0. The molecule has 0 amide bonds. The van der Waals surface area contributed by atoms with Gasteiger partial charge in [0, 0.05) is 44.6 Å². The molecule has 0 bridgehead atoms. The van der Waals surface area contributed by atoms with Gasteiger partial charge in [-0.3, -0.25) is 4.98 Å². The van der Waals surface area contributed by atoms with E-state index in [1.165, 1.54) is 0 Å². The number of nitrogens with one attached hydrogen (secondary N) is 3. The number of β-amino-alcohol motifs (C(OH)–C–C–N with tert-alkyl or cyclic N) is 1. The minimum absolute atomic E-state index is 0.274. The Labute approximate surface area is 143 Å². The Balaban J connectivity index is 1.47. The Morgan fingerprint density at radius 3 is 2.96 bits per heavy atom. The van der Waals surface area contributed by atoms with Gasteiger partial charge in [0.1, 0.15) is 11.6 Å². The molecular formula is C15H21N7O3. The number of H-pyrrole nitrogens is 2. The summed E-state index contributed by atoms with van der Waals surface area (Å²) in [5.41, 5.74) is 0.652. The van der Waals surface area contributed by atoms with Gasteiger partial charge in [0.2, 0.25) is 5.95 Å². The molecule has 0 aromatic carbocycles. The quantitative estimate of drug-likeness (QED) is 0.535. The Kier molecular flexibility index (Phi) is 4.36. The number of hydrogen-bond acceptors (Lipinski definition) is 8. The van der Waals surface area contributed by atoms with Crippen LogP contribution >= 0.6 is 0 Å². The first-order valence-electron chi connectivity index (χ1n) is 8.44. The van der Waals surface area contributed by atoms with Crippen molar-refractivity contribution in [2.75, 3.05) is 43.1 Å². The summed E-state index contributed by atoms with van der Waals surface area (Å²) in [6.45, 7) is 3.12. The molecule has 4 rings (SSSR count). The van der Waals surface area contributed by atoms with Gasteiger partial charge in [-0.25, -0.2) is 14.9 Å². The van der Waals surface area contributed by atoms with Crippen molar-refractivity contribution in [2.45, 2.75) is 24.9 Å². The number of ether oxygens (including phenoxy) is 1. The predicted octanol–water partition coefficient (Wildman–Crippen LogP) is -0.773. The van der Waals surface area contributed by atoms with E-state index in [-0.39, 0.29) is 17.7 Å². The number of aliphatic hydroxyl groups excluding tert-OH is 1. The highest BCUT2D eigenvalue weighted by Gasteiger charge is 2.28. The fraction of sp³-hybridized carbons (Fsp3) is 0.600. The molecule has 0 radical (unpaired) electrons. The Morgan fingerprint density at radius 1 is 1.40 bits per heavy atom. The molecule has 2 aliphatic rings. The summed E-state index contributed by atoms with van der Waals surface area (Å²) in [4.78, 5) is 24.8. The van der Waals surface area contributed by atoms with Crippen LogP contribution < -0.4 is 15.9 Å². The van der Waals surface area contributed by atoms with Crippen LogP contribution in [0.2, 0.25) is 0 Å². The first kappa shape index (κ1) is 16.0. The molecule has 4 N–H and O–H groups in total. The molecule has 0 spiro atoms. The second kappa shape index (κ2) is 6.81. The van der Waals surface area contributed by atoms with Gasteiger partial charge in [-0.05, 0) is 6.42 Å². The van der Waals surface area contributed by atoms with Crippen molar-refractivity contribution >= 4 is 11.8 Å². The molecule has 2 saturated heterocycles. The van der Waals surface area contributed by atoms with E-state index in [0.717, 1.165) is 24.5 Å². The van der Waals surface area contributed by atoms with E-state index in [1.807, 2.05) is 11.0 Å². The zero-order valence-corrected chi connectivity index (χ0v) is 13.7. The summed E-state index contributed by atoms with van der Waals surface area (Å²) in [6.07, 6.45) is 1.21. The number of aliphatic hydroxyl groups is 1. The molecule has 4 heterocycles. The average Bonchev–Trinajstić information content (AvgIpc) is 3.23. The van der Waals surface area contributed by atoms with Crippen molar-refractivity contribution in [2.24, 2.45) is 0 Å². The lowest BCUT2D eigenvalue weighted by molar-refractivity contribution is 0.140. The molecule has 0 unspecified atom stereocenters. The number of aromatic nitrogens is 5. The van der Waals surface area contributed by atoms with Crippen LogP contribution in [0.1, 0.15) is 23.9 Å². The minimum atomic E-state index is -0.310. The van der Waals surface area contributed by atoms with Crippen molar-refractivity contribution in [3.63, 3.8) is 0 Å². The van der Waals surface area contributed by atoms with Crippen LogP contribution in [-0.4, -0.2) is 69.2 Å². The molecule has 0 aliphatic carbocycles. The first-order chi connectivity index (χ1) is 12.2. The molecule has 10 nitrogen and oxygen atoms in total. The third kappa shape index (κ3) is 3.64. The maximum atomic E-state index is 11.0. The summed E-state index contributed by atoms with van der Waals surface area (Å²) < 4.78 is 5.47. The molecule has 10 heteroatoms. The molecule has 25 heavy (non-hydrogen) atoms. The molecule has 0 saturated carbocycles. The standard InChI is InChI=1S/C15H21N7O3/c23-10-6-22(7-10)14-17-11(9-2-4-25-8-9)5-13(18-14)16-3-1-12-19-15(24)21-20-12/h5,9-10,23H,1-4,6-8H2,(H,16,17,18)(H2,19,20,21,24)/t9-/m0/s1. The third-order valence-corrected chi connectivity index (χ3v) is 4.45. The van der Waals surface area contributed by atoms with Gasteiger partial charge < -0.3 is 20.1 Å². The average molecular weight is 347 g/mol. The van der Waals surface area contributed by atoms with Gasteiger partial charge in [-0.1, -0.05) is 0 Å². The maximum absolute atomic E-state index is 11.0. The van der Waals surface area contributed by atoms with E-state index in [2.05, 4.69) is 30.5 Å². The highest BCUT2D eigenvalue weighted by molar-refractivity contribution is 5.46. The SMILES string of the molecule is O=c1[nH]nc(CCNc2cc([C@H]3CCOC3)nc(N3CC(O)C3)n2)[nH]1. The molecule has 2 aromatic heterocycles. The Hall–Kier alpha value is -2.46. The summed E-state index contributed by atoms with van der Waals surface area (Å²) in [5, 5.41) is 19.0. The predicted molar refractivity (Wildman–Crippen MR) is 89.8 cm³/mol. The summed E-state index contributed by atoms with van der Waals surface area (Å²) in [5.74, 6) is 2.23. The fourth-order valence-corrected chi connectivity index (χ4v) is 3.01. The van der Waals surface area contributed by atoms with E-state index in [4.69, 9.17) is 4.74 Å². The third-order valence-electron chi connectivity index (χ3n) is 4.45. The smallest absolute Gasteiger partial charge is 0.340 e. The molecule has 134 valence electrons. The number of anilines is 2. The summed E-state index contributed by atoms with van der Waals surface area (Å²) in [7, 11) is 0. The number of aromatic amines is 2. The molecular weight excluding hydrogens is 326 g/mol. The van der Waals surface area contributed by atoms with Crippen molar-refractivity contribution in [1.82, 2.24) is 25.1 Å². The van der Waals surface area contributed by atoms with Crippen molar-refractivity contribution in [1.29, 1.82) is 0 Å². The highest BCUT2D eigenvalue weighted by Crippen LogP contribution is 2.28. The van der Waals surface area contributed by atoms with Gasteiger partial charge in [0.05, 0.1) is 18.4 Å². The van der Waals surface area contributed by atoms with Crippen LogP contribution in [0.3, 0.4) is 0 Å². The minimum Gasteiger partial charge on any atom is -0.389 e. The van der Waals surface area contributed by atoms with Crippen LogP contribution in [-0.2, 0) is 11.2 Å². The van der Waals surface area contributed by atoms with E-state index in [9.17, 15) is 9.90 Å². The van der Waals surface area contributed by atoms with Crippen LogP contribution in [0, 0.1) is 0 Å². The van der Waals surface area contributed by atoms with Crippen molar-refractivity contribution in [3.05, 3.63) is 28.1 Å². The van der Waals surface area contributed by atoms with Gasteiger partial charge in [-0.15, -0.1) is 0 Å². The van der Waals surface area contributed by atoms with Crippen molar-refractivity contribution < 1.29 is 9.84 Å². The molecule has 2 aliphatic heterocycles. The van der Waals surface area contributed by atoms with E-state index < -0.39 is 0 Å². The largest absolute Gasteiger partial charge is 0.389 e. The maximum Gasteiger partial charge on any atom is 0.340 e. The zero-order valence-electron chi connectivity index (χ0n) is 13.7. The molecule has 2 aromatic rings. The topological polar surface area (TPSA) is 132 Å². The lowest BCUT2D eigenvalue weighted by Crippen LogP contribution is -2.51. The van der Waals surface area contributed by atoms with Crippen LogP contribution in [0.5, 0.6) is 0 Å². The summed E-state index contributed by atoms with van der Waals surface area (Å²) >= 11 is 0. The van der Waals surface area contributed by atoms with Gasteiger partial charge in [0.25, 0.3) is 0 Å². The van der Waals surface area contributed by atoms with E-state index >= 15 is 0 Å². The summed E-state index contributed by atoms with van der Waals surface area (Å²) in [6, 6.07) is 1.95.